The van der Waals surface area contributed by atoms with E-state index in [4.69, 9.17) is 0 Å². The van der Waals surface area contributed by atoms with Crippen molar-refractivity contribution in [3.63, 3.8) is 0 Å². The van der Waals surface area contributed by atoms with Gasteiger partial charge in [-0.15, -0.1) is 11.3 Å². The fourth-order valence-corrected chi connectivity index (χ4v) is 4.99. The summed E-state index contributed by atoms with van der Waals surface area (Å²) < 4.78 is 22.8. The zero-order valence-corrected chi connectivity index (χ0v) is 11.0. The summed E-state index contributed by atoms with van der Waals surface area (Å²) in [6, 6.07) is 4.45. The van der Waals surface area contributed by atoms with Crippen molar-refractivity contribution in [3.8, 4) is 0 Å². The van der Waals surface area contributed by atoms with E-state index in [1.807, 2.05) is 13.1 Å². The number of nitrogens with one attached hydrogen (secondary N) is 1. The van der Waals surface area contributed by atoms with Crippen LogP contribution in [-0.4, -0.2) is 27.0 Å². The van der Waals surface area contributed by atoms with Gasteiger partial charge in [0.05, 0.1) is 11.5 Å². The van der Waals surface area contributed by atoms with E-state index in [2.05, 4.69) is 16.8 Å². The second kappa shape index (κ2) is 4.85. The molecule has 2 atom stereocenters. The van der Waals surface area contributed by atoms with Crippen molar-refractivity contribution in [2.75, 3.05) is 18.6 Å². The second-order valence-electron chi connectivity index (χ2n) is 4.36. The molecule has 0 radical (unpaired) electrons. The van der Waals surface area contributed by atoms with E-state index in [0.717, 1.165) is 12.8 Å². The first-order valence-electron chi connectivity index (χ1n) is 5.52. The summed E-state index contributed by atoms with van der Waals surface area (Å²) in [6.45, 7) is 0. The molecule has 5 heteroatoms. The van der Waals surface area contributed by atoms with Gasteiger partial charge in [-0.3, -0.25) is 0 Å². The summed E-state index contributed by atoms with van der Waals surface area (Å²) >= 11 is 1.73. The van der Waals surface area contributed by atoms with Crippen LogP contribution in [-0.2, 0) is 9.84 Å². The maximum Gasteiger partial charge on any atom is 0.150 e. The number of sulfone groups is 1. The molecule has 0 bridgehead atoms. The molecule has 0 amide bonds. The Balaban J connectivity index is 1.98. The zero-order valence-electron chi connectivity index (χ0n) is 9.35. The fraction of sp³-hybridized carbons (Fsp3) is 0.636. The molecular weight excluding hydrogens is 242 g/mol. The average Bonchev–Trinajstić information content (AvgIpc) is 2.84. The van der Waals surface area contributed by atoms with Crippen molar-refractivity contribution < 1.29 is 8.42 Å². The normalized spacial score (nSPS) is 25.7. The Labute approximate surface area is 101 Å². The van der Waals surface area contributed by atoms with E-state index in [-0.39, 0.29) is 0 Å². The van der Waals surface area contributed by atoms with E-state index in [0.29, 0.717) is 23.5 Å². The molecule has 0 aliphatic carbocycles. The van der Waals surface area contributed by atoms with E-state index < -0.39 is 9.84 Å². The highest BCUT2D eigenvalue weighted by molar-refractivity contribution is 7.91. The number of hydrogen-bond donors (Lipinski definition) is 1. The van der Waals surface area contributed by atoms with Gasteiger partial charge in [0.1, 0.15) is 0 Å². The highest BCUT2D eigenvalue weighted by Gasteiger charge is 2.29. The molecule has 16 heavy (non-hydrogen) atoms. The average molecular weight is 259 g/mol. The smallest absolute Gasteiger partial charge is 0.150 e. The van der Waals surface area contributed by atoms with Crippen LogP contribution in [0.5, 0.6) is 0 Å². The quantitative estimate of drug-likeness (QED) is 0.897. The first kappa shape index (κ1) is 12.1. The standard InChI is InChI=1S/C11H17NO2S2/c1-12-10(11-3-2-5-15-11)7-9-4-6-16(13,14)8-9/h2-3,5,9-10,12H,4,6-8H2,1H3. The topological polar surface area (TPSA) is 46.2 Å². The summed E-state index contributed by atoms with van der Waals surface area (Å²) in [7, 11) is -0.804. The predicted octanol–water partition coefficient (Wildman–Crippen LogP) is 1.83. The van der Waals surface area contributed by atoms with Crippen molar-refractivity contribution in [2.24, 2.45) is 5.92 Å². The Bertz CT molecular complexity index is 425. The Morgan fingerprint density at radius 1 is 1.62 bits per heavy atom. The van der Waals surface area contributed by atoms with Gasteiger partial charge in [-0.1, -0.05) is 6.07 Å². The third kappa shape index (κ3) is 2.84. The van der Waals surface area contributed by atoms with Crippen LogP contribution in [0.3, 0.4) is 0 Å². The van der Waals surface area contributed by atoms with Gasteiger partial charge in [0, 0.05) is 10.9 Å². The Hall–Kier alpha value is -0.390. The van der Waals surface area contributed by atoms with Gasteiger partial charge in [0.25, 0.3) is 0 Å². The Morgan fingerprint density at radius 3 is 2.94 bits per heavy atom. The maximum atomic E-state index is 11.4. The first-order valence-corrected chi connectivity index (χ1v) is 8.22. The summed E-state index contributed by atoms with van der Waals surface area (Å²) in [5.41, 5.74) is 0. The minimum atomic E-state index is -2.74. The Kier molecular flexibility index (Phi) is 3.66. The molecule has 0 aromatic carbocycles. The van der Waals surface area contributed by atoms with Crippen LogP contribution in [0.25, 0.3) is 0 Å². The van der Waals surface area contributed by atoms with Crippen LogP contribution in [0.15, 0.2) is 17.5 Å². The van der Waals surface area contributed by atoms with Crippen LogP contribution in [0.4, 0.5) is 0 Å². The lowest BCUT2D eigenvalue weighted by Gasteiger charge is -2.17. The van der Waals surface area contributed by atoms with Crippen LogP contribution >= 0.6 is 11.3 Å². The SMILES string of the molecule is CNC(CC1CCS(=O)(=O)C1)c1cccs1. The molecule has 1 N–H and O–H groups in total. The molecule has 3 nitrogen and oxygen atoms in total. The number of hydrogen-bond acceptors (Lipinski definition) is 4. The molecule has 1 aliphatic rings. The van der Waals surface area contributed by atoms with Crippen molar-refractivity contribution >= 4 is 21.2 Å². The van der Waals surface area contributed by atoms with Gasteiger partial charge in [0.15, 0.2) is 9.84 Å². The molecule has 1 aromatic rings. The third-order valence-electron chi connectivity index (χ3n) is 3.13. The summed E-state index contributed by atoms with van der Waals surface area (Å²) in [5, 5.41) is 5.33. The molecular formula is C11H17NO2S2. The summed E-state index contributed by atoms with van der Waals surface area (Å²) in [5.74, 6) is 1.07. The third-order valence-corrected chi connectivity index (χ3v) is 5.95. The lowest BCUT2D eigenvalue weighted by molar-refractivity contribution is 0.441. The van der Waals surface area contributed by atoms with E-state index >= 15 is 0 Å². The van der Waals surface area contributed by atoms with Crippen molar-refractivity contribution in [1.82, 2.24) is 5.32 Å². The monoisotopic (exact) mass is 259 g/mol. The highest BCUT2D eigenvalue weighted by Crippen LogP contribution is 2.30. The molecule has 90 valence electrons. The maximum absolute atomic E-state index is 11.4. The van der Waals surface area contributed by atoms with Gasteiger partial charge in [-0.2, -0.15) is 0 Å². The van der Waals surface area contributed by atoms with Gasteiger partial charge < -0.3 is 5.32 Å². The fourth-order valence-electron chi connectivity index (χ4n) is 2.26. The predicted molar refractivity (Wildman–Crippen MR) is 67.5 cm³/mol. The van der Waals surface area contributed by atoms with Crippen LogP contribution < -0.4 is 5.32 Å². The van der Waals surface area contributed by atoms with Crippen molar-refractivity contribution in [1.29, 1.82) is 0 Å². The highest BCUT2D eigenvalue weighted by atomic mass is 32.2. The summed E-state index contributed by atoms with van der Waals surface area (Å²) in [6.07, 6.45) is 1.75. The number of thiophene rings is 1. The van der Waals surface area contributed by atoms with Gasteiger partial charge >= 0.3 is 0 Å². The molecule has 1 aliphatic heterocycles. The van der Waals surface area contributed by atoms with Crippen LogP contribution in [0, 0.1) is 5.92 Å². The van der Waals surface area contributed by atoms with E-state index in [1.54, 1.807) is 11.3 Å². The molecule has 1 saturated heterocycles. The molecule has 2 unspecified atom stereocenters. The van der Waals surface area contributed by atoms with Gasteiger partial charge in [-0.05, 0) is 37.3 Å². The molecule has 0 spiro atoms. The minimum Gasteiger partial charge on any atom is -0.312 e. The molecule has 2 heterocycles. The molecule has 1 fully saturated rings. The van der Waals surface area contributed by atoms with Crippen LogP contribution in [0.2, 0.25) is 0 Å². The van der Waals surface area contributed by atoms with Crippen LogP contribution in [0.1, 0.15) is 23.8 Å². The van der Waals surface area contributed by atoms with Crippen molar-refractivity contribution in [2.45, 2.75) is 18.9 Å². The molecule has 1 aromatic heterocycles. The van der Waals surface area contributed by atoms with Crippen molar-refractivity contribution in [3.05, 3.63) is 22.4 Å². The molecule has 0 saturated carbocycles. The Morgan fingerprint density at radius 2 is 2.44 bits per heavy atom. The molecule has 2 rings (SSSR count). The second-order valence-corrected chi connectivity index (χ2v) is 7.57. The van der Waals surface area contributed by atoms with E-state index in [9.17, 15) is 8.42 Å². The summed E-state index contributed by atoms with van der Waals surface area (Å²) in [4.78, 5) is 1.30. The lowest BCUT2D eigenvalue weighted by atomic mass is 9.98. The zero-order chi connectivity index (χ0) is 11.6. The minimum absolute atomic E-state index is 0.304. The van der Waals surface area contributed by atoms with E-state index in [1.165, 1.54) is 4.88 Å². The largest absolute Gasteiger partial charge is 0.312 e. The van der Waals surface area contributed by atoms with Gasteiger partial charge in [-0.25, -0.2) is 8.42 Å². The van der Waals surface area contributed by atoms with Gasteiger partial charge in [0.2, 0.25) is 0 Å². The lowest BCUT2D eigenvalue weighted by Crippen LogP contribution is -2.19. The number of rotatable bonds is 4. The first-order chi connectivity index (χ1) is 7.61.